The van der Waals surface area contributed by atoms with Crippen molar-refractivity contribution in [1.29, 1.82) is 0 Å². The number of aromatic nitrogens is 1. The van der Waals surface area contributed by atoms with Crippen LogP contribution in [0.1, 0.15) is 15.4 Å². The van der Waals surface area contributed by atoms with Crippen LogP contribution in [0, 0.1) is 0 Å². The Balaban J connectivity index is 1.98. The molecule has 3 nitrogen and oxygen atoms in total. The number of carboxylic acids is 1. The normalized spacial score (nSPS) is 10.7. The molecule has 0 aliphatic heterocycles. The number of rotatable bonds is 5. The predicted octanol–water partition coefficient (Wildman–Crippen LogP) is 4.79. The third-order valence-corrected chi connectivity index (χ3v) is 5.23. The third kappa shape index (κ3) is 3.86. The van der Waals surface area contributed by atoms with Crippen molar-refractivity contribution in [2.45, 2.75) is 12.8 Å². The fourth-order valence-corrected chi connectivity index (χ4v) is 3.89. The second-order valence-corrected chi connectivity index (χ2v) is 7.11. The molecular formula is C18H14BrNO2S. The van der Waals surface area contributed by atoms with Gasteiger partial charge in [0.05, 0.1) is 17.1 Å². The first-order valence-corrected chi connectivity index (χ1v) is 8.73. The molecule has 0 unspecified atom stereocenters. The lowest BCUT2D eigenvalue weighted by molar-refractivity contribution is -0.136. The largest absolute Gasteiger partial charge is 0.481 e. The maximum Gasteiger partial charge on any atom is 0.308 e. The molecule has 0 saturated carbocycles. The fourth-order valence-electron chi connectivity index (χ4n) is 2.36. The summed E-state index contributed by atoms with van der Waals surface area (Å²) in [6, 6.07) is 17.7. The number of carboxylic acid groups (broad SMARTS) is 1. The van der Waals surface area contributed by atoms with Crippen LogP contribution in [-0.2, 0) is 17.6 Å². The van der Waals surface area contributed by atoms with Crippen LogP contribution in [0.2, 0.25) is 0 Å². The molecule has 0 bridgehead atoms. The molecule has 0 aliphatic carbocycles. The van der Waals surface area contributed by atoms with E-state index in [-0.39, 0.29) is 6.42 Å². The average Bonchev–Trinajstić information content (AvgIpc) is 2.92. The van der Waals surface area contributed by atoms with Crippen LogP contribution in [0.4, 0.5) is 0 Å². The Morgan fingerprint density at radius 3 is 2.48 bits per heavy atom. The SMILES string of the molecule is O=C(O)Cc1sc(Cc2ccccc2Br)nc1-c1ccccc1. The smallest absolute Gasteiger partial charge is 0.308 e. The van der Waals surface area contributed by atoms with Crippen molar-refractivity contribution in [1.82, 2.24) is 4.98 Å². The first-order valence-electron chi connectivity index (χ1n) is 7.12. The third-order valence-electron chi connectivity index (χ3n) is 3.40. The van der Waals surface area contributed by atoms with E-state index in [2.05, 4.69) is 15.9 Å². The van der Waals surface area contributed by atoms with Gasteiger partial charge in [-0.3, -0.25) is 4.79 Å². The summed E-state index contributed by atoms with van der Waals surface area (Å²) >= 11 is 5.02. The van der Waals surface area contributed by atoms with E-state index in [9.17, 15) is 4.79 Å². The molecule has 0 saturated heterocycles. The number of nitrogens with zero attached hydrogens (tertiary/aromatic N) is 1. The molecule has 1 aromatic heterocycles. The highest BCUT2D eigenvalue weighted by Gasteiger charge is 2.16. The highest BCUT2D eigenvalue weighted by molar-refractivity contribution is 9.10. The molecule has 0 spiro atoms. The Kier molecular flexibility index (Phi) is 4.88. The van der Waals surface area contributed by atoms with E-state index in [1.165, 1.54) is 11.3 Å². The highest BCUT2D eigenvalue weighted by atomic mass is 79.9. The van der Waals surface area contributed by atoms with Crippen molar-refractivity contribution in [3.8, 4) is 11.3 Å². The van der Waals surface area contributed by atoms with Crippen LogP contribution < -0.4 is 0 Å². The summed E-state index contributed by atoms with van der Waals surface area (Å²) in [6.45, 7) is 0. The first-order chi connectivity index (χ1) is 11.1. The van der Waals surface area contributed by atoms with Gasteiger partial charge in [0.2, 0.25) is 0 Å². The maximum absolute atomic E-state index is 11.1. The summed E-state index contributed by atoms with van der Waals surface area (Å²) in [5.41, 5.74) is 2.88. The van der Waals surface area contributed by atoms with Crippen LogP contribution >= 0.6 is 27.3 Å². The molecule has 23 heavy (non-hydrogen) atoms. The first kappa shape index (κ1) is 15.9. The number of hydrogen-bond acceptors (Lipinski definition) is 3. The minimum Gasteiger partial charge on any atom is -0.481 e. The molecule has 0 radical (unpaired) electrons. The Bertz CT molecular complexity index is 830. The zero-order valence-corrected chi connectivity index (χ0v) is 14.6. The molecule has 116 valence electrons. The zero-order chi connectivity index (χ0) is 16.2. The van der Waals surface area contributed by atoms with E-state index in [1.807, 2.05) is 54.6 Å². The summed E-state index contributed by atoms with van der Waals surface area (Å²) in [5, 5.41) is 10.1. The number of benzene rings is 2. The summed E-state index contributed by atoms with van der Waals surface area (Å²) in [4.78, 5) is 16.6. The minimum absolute atomic E-state index is 0.00213. The second kappa shape index (κ2) is 7.06. The molecule has 0 fully saturated rings. The van der Waals surface area contributed by atoms with Gasteiger partial charge in [-0.1, -0.05) is 64.5 Å². The van der Waals surface area contributed by atoms with E-state index in [1.54, 1.807) is 0 Å². The van der Waals surface area contributed by atoms with Crippen molar-refractivity contribution in [2.75, 3.05) is 0 Å². The summed E-state index contributed by atoms with van der Waals surface area (Å²) in [7, 11) is 0. The summed E-state index contributed by atoms with van der Waals surface area (Å²) in [5.74, 6) is -0.835. The van der Waals surface area contributed by atoms with Gasteiger partial charge in [0, 0.05) is 21.3 Å². The van der Waals surface area contributed by atoms with Crippen LogP contribution in [0.3, 0.4) is 0 Å². The Morgan fingerprint density at radius 1 is 1.09 bits per heavy atom. The van der Waals surface area contributed by atoms with Gasteiger partial charge in [0.1, 0.15) is 0 Å². The molecule has 3 rings (SSSR count). The van der Waals surface area contributed by atoms with E-state index in [0.717, 1.165) is 31.2 Å². The van der Waals surface area contributed by atoms with Crippen molar-refractivity contribution in [3.63, 3.8) is 0 Å². The fraction of sp³-hybridized carbons (Fsp3) is 0.111. The minimum atomic E-state index is -0.835. The quantitative estimate of drug-likeness (QED) is 0.684. The molecule has 5 heteroatoms. The standard InChI is InChI=1S/C18H14BrNO2S/c19-14-9-5-4-8-13(14)10-16-20-18(12-6-2-1-3-7-12)15(23-16)11-17(21)22/h1-9H,10-11H2,(H,21,22). The topological polar surface area (TPSA) is 50.2 Å². The van der Waals surface area contributed by atoms with E-state index >= 15 is 0 Å². The van der Waals surface area contributed by atoms with Crippen LogP contribution in [0.15, 0.2) is 59.1 Å². The van der Waals surface area contributed by atoms with E-state index in [4.69, 9.17) is 10.1 Å². The van der Waals surface area contributed by atoms with Crippen LogP contribution in [0.25, 0.3) is 11.3 Å². The van der Waals surface area contributed by atoms with Gasteiger partial charge in [-0.25, -0.2) is 4.98 Å². The molecular weight excluding hydrogens is 374 g/mol. The second-order valence-electron chi connectivity index (χ2n) is 5.08. The average molecular weight is 388 g/mol. The van der Waals surface area contributed by atoms with Crippen molar-refractivity contribution in [2.24, 2.45) is 0 Å². The molecule has 3 aromatic rings. The van der Waals surface area contributed by atoms with Gasteiger partial charge in [-0.15, -0.1) is 11.3 Å². The number of halogens is 1. The van der Waals surface area contributed by atoms with Crippen molar-refractivity contribution in [3.05, 3.63) is 74.5 Å². The van der Waals surface area contributed by atoms with Crippen LogP contribution in [-0.4, -0.2) is 16.1 Å². The lowest BCUT2D eigenvalue weighted by Gasteiger charge is -2.01. The monoisotopic (exact) mass is 387 g/mol. The van der Waals surface area contributed by atoms with Gasteiger partial charge >= 0.3 is 5.97 Å². The Hall–Kier alpha value is -1.98. The summed E-state index contributed by atoms with van der Waals surface area (Å²) < 4.78 is 1.04. The Labute approximate surface area is 146 Å². The summed E-state index contributed by atoms with van der Waals surface area (Å²) in [6.07, 6.45) is 0.684. The van der Waals surface area contributed by atoms with Gasteiger partial charge in [-0.05, 0) is 11.6 Å². The Morgan fingerprint density at radius 2 is 1.78 bits per heavy atom. The number of aliphatic carboxylic acids is 1. The van der Waals surface area contributed by atoms with Gasteiger partial charge < -0.3 is 5.11 Å². The van der Waals surface area contributed by atoms with E-state index < -0.39 is 5.97 Å². The molecule has 0 atom stereocenters. The number of thiazole rings is 1. The van der Waals surface area contributed by atoms with Crippen LogP contribution in [0.5, 0.6) is 0 Å². The maximum atomic E-state index is 11.1. The van der Waals surface area contributed by atoms with E-state index in [0.29, 0.717) is 6.42 Å². The van der Waals surface area contributed by atoms with Gasteiger partial charge in [0.25, 0.3) is 0 Å². The van der Waals surface area contributed by atoms with Gasteiger partial charge in [0.15, 0.2) is 0 Å². The molecule has 1 N–H and O–H groups in total. The highest BCUT2D eigenvalue weighted by Crippen LogP contribution is 2.31. The van der Waals surface area contributed by atoms with Crippen molar-refractivity contribution < 1.29 is 9.90 Å². The number of carbonyl (C=O) groups is 1. The van der Waals surface area contributed by atoms with Gasteiger partial charge in [-0.2, -0.15) is 0 Å². The lowest BCUT2D eigenvalue weighted by atomic mass is 10.1. The molecule has 0 amide bonds. The molecule has 2 aromatic carbocycles. The number of hydrogen-bond donors (Lipinski definition) is 1. The molecule has 1 heterocycles. The predicted molar refractivity (Wildman–Crippen MR) is 95.8 cm³/mol. The zero-order valence-electron chi connectivity index (χ0n) is 12.2. The molecule has 0 aliphatic rings. The van der Waals surface area contributed by atoms with Crippen molar-refractivity contribution >= 4 is 33.2 Å². The lowest BCUT2D eigenvalue weighted by Crippen LogP contribution is -1.99.